The molecular weight excluding hydrogens is 290 g/mol. The second-order valence-electron chi connectivity index (χ2n) is 6.50. The number of aryl methyl sites for hydroxylation is 2. The number of aromatic nitrogens is 3. The van der Waals surface area contributed by atoms with Gasteiger partial charge in [-0.3, -0.25) is 14.2 Å². The average molecular weight is 317 g/mol. The summed E-state index contributed by atoms with van der Waals surface area (Å²) in [5.41, 5.74) is 3.26. The van der Waals surface area contributed by atoms with E-state index in [1.54, 1.807) is 0 Å². The van der Waals surface area contributed by atoms with E-state index < -0.39 is 0 Å². The van der Waals surface area contributed by atoms with Crippen LogP contribution in [0.2, 0.25) is 0 Å². The Morgan fingerprint density at radius 1 is 1.17 bits per heavy atom. The fraction of sp³-hybridized carbons (Fsp3) is 0.647. The molecule has 1 atom stereocenters. The van der Waals surface area contributed by atoms with Gasteiger partial charge < -0.3 is 5.11 Å². The zero-order valence-electron chi connectivity index (χ0n) is 14.4. The van der Waals surface area contributed by atoms with Crippen molar-refractivity contribution in [2.24, 2.45) is 0 Å². The Kier molecular flexibility index (Phi) is 4.94. The zero-order valence-corrected chi connectivity index (χ0v) is 14.4. The van der Waals surface area contributed by atoms with Crippen molar-refractivity contribution in [2.45, 2.75) is 39.8 Å². The molecular formula is C17H27N5O. The van der Waals surface area contributed by atoms with Crippen molar-refractivity contribution in [3.63, 3.8) is 0 Å². The first-order valence-corrected chi connectivity index (χ1v) is 8.50. The Morgan fingerprint density at radius 3 is 2.57 bits per heavy atom. The summed E-state index contributed by atoms with van der Waals surface area (Å²) in [5, 5.41) is 9.43. The molecule has 126 valence electrons. The maximum absolute atomic E-state index is 9.43. The molecule has 3 heterocycles. The van der Waals surface area contributed by atoms with Crippen LogP contribution >= 0.6 is 0 Å². The SMILES string of the molecule is CCC(CO)N1CCN(Cc2cn3c(C)cc(C)nc3n2)CC1. The number of aliphatic hydroxyl groups is 1. The number of nitrogens with zero attached hydrogens (tertiary/aromatic N) is 5. The van der Waals surface area contributed by atoms with Crippen molar-refractivity contribution in [2.75, 3.05) is 32.8 Å². The summed E-state index contributed by atoms with van der Waals surface area (Å²) in [6.07, 6.45) is 3.11. The monoisotopic (exact) mass is 317 g/mol. The minimum Gasteiger partial charge on any atom is -0.395 e. The van der Waals surface area contributed by atoms with Crippen LogP contribution in [0.15, 0.2) is 12.3 Å². The molecule has 6 nitrogen and oxygen atoms in total. The molecule has 1 aliphatic rings. The number of piperazine rings is 1. The van der Waals surface area contributed by atoms with Crippen LogP contribution in [0.4, 0.5) is 0 Å². The van der Waals surface area contributed by atoms with E-state index in [4.69, 9.17) is 0 Å². The second-order valence-corrected chi connectivity index (χ2v) is 6.50. The molecule has 0 spiro atoms. The third kappa shape index (κ3) is 3.54. The number of aliphatic hydroxyl groups excluding tert-OH is 1. The smallest absolute Gasteiger partial charge is 0.234 e. The molecule has 23 heavy (non-hydrogen) atoms. The molecule has 0 saturated carbocycles. The topological polar surface area (TPSA) is 56.9 Å². The van der Waals surface area contributed by atoms with Gasteiger partial charge in [-0.05, 0) is 26.3 Å². The minimum absolute atomic E-state index is 0.257. The summed E-state index contributed by atoms with van der Waals surface area (Å²) < 4.78 is 2.07. The number of hydrogen-bond acceptors (Lipinski definition) is 5. The first-order chi connectivity index (χ1) is 11.1. The first-order valence-electron chi connectivity index (χ1n) is 8.50. The lowest BCUT2D eigenvalue weighted by atomic mass is 10.1. The standard InChI is InChI=1S/C17H27N5O/c1-4-16(12-23)21-7-5-20(6-8-21)10-15-11-22-14(3)9-13(2)18-17(22)19-15/h9,11,16,23H,4-8,10,12H2,1-3H3. The molecule has 2 aromatic rings. The maximum atomic E-state index is 9.43. The van der Waals surface area contributed by atoms with Crippen molar-refractivity contribution in [3.05, 3.63) is 29.3 Å². The fourth-order valence-electron chi connectivity index (χ4n) is 3.41. The molecule has 1 saturated heterocycles. The Hall–Kier alpha value is -1.50. The molecule has 1 N–H and O–H groups in total. The summed E-state index contributed by atoms with van der Waals surface area (Å²) in [7, 11) is 0. The molecule has 0 radical (unpaired) electrons. The Balaban J connectivity index is 1.64. The summed E-state index contributed by atoms with van der Waals surface area (Å²) in [6, 6.07) is 2.39. The van der Waals surface area contributed by atoms with Gasteiger partial charge in [0.2, 0.25) is 5.78 Å². The van der Waals surface area contributed by atoms with Crippen LogP contribution in [-0.2, 0) is 6.54 Å². The van der Waals surface area contributed by atoms with Gasteiger partial charge >= 0.3 is 0 Å². The van der Waals surface area contributed by atoms with Gasteiger partial charge in [0, 0.05) is 56.4 Å². The summed E-state index contributed by atoms with van der Waals surface area (Å²) in [6.45, 7) is 11.4. The highest BCUT2D eigenvalue weighted by molar-refractivity contribution is 5.34. The molecule has 0 amide bonds. The van der Waals surface area contributed by atoms with E-state index >= 15 is 0 Å². The lowest BCUT2D eigenvalue weighted by Crippen LogP contribution is -2.50. The normalized spacial score (nSPS) is 18.6. The molecule has 6 heteroatoms. The zero-order chi connectivity index (χ0) is 16.4. The highest BCUT2D eigenvalue weighted by Crippen LogP contribution is 2.13. The van der Waals surface area contributed by atoms with E-state index in [-0.39, 0.29) is 6.61 Å². The van der Waals surface area contributed by atoms with E-state index in [2.05, 4.69) is 50.3 Å². The number of fused-ring (bicyclic) bond motifs is 1. The van der Waals surface area contributed by atoms with Crippen LogP contribution < -0.4 is 0 Å². The van der Waals surface area contributed by atoms with Gasteiger partial charge in [-0.15, -0.1) is 0 Å². The van der Waals surface area contributed by atoms with Crippen molar-refractivity contribution < 1.29 is 5.11 Å². The molecule has 2 aromatic heterocycles. The number of hydrogen-bond donors (Lipinski definition) is 1. The van der Waals surface area contributed by atoms with E-state index in [9.17, 15) is 5.11 Å². The predicted octanol–water partition coefficient (Wildman–Crippen LogP) is 1.23. The molecule has 1 fully saturated rings. The van der Waals surface area contributed by atoms with E-state index in [1.165, 1.54) is 5.69 Å². The summed E-state index contributed by atoms with van der Waals surface area (Å²) in [4.78, 5) is 14.0. The number of rotatable bonds is 5. The maximum Gasteiger partial charge on any atom is 0.234 e. The van der Waals surface area contributed by atoms with Gasteiger partial charge in [0.25, 0.3) is 0 Å². The Morgan fingerprint density at radius 2 is 1.91 bits per heavy atom. The second kappa shape index (κ2) is 6.95. The molecule has 1 unspecified atom stereocenters. The molecule has 0 bridgehead atoms. The van der Waals surface area contributed by atoms with Crippen LogP contribution in [0.1, 0.15) is 30.4 Å². The van der Waals surface area contributed by atoms with Crippen molar-refractivity contribution in [3.8, 4) is 0 Å². The van der Waals surface area contributed by atoms with Crippen LogP contribution in [0.5, 0.6) is 0 Å². The lowest BCUT2D eigenvalue weighted by Gasteiger charge is -2.38. The van der Waals surface area contributed by atoms with Gasteiger partial charge in [0.1, 0.15) is 0 Å². The van der Waals surface area contributed by atoms with Crippen LogP contribution in [0, 0.1) is 13.8 Å². The van der Waals surface area contributed by atoms with Crippen LogP contribution in [0.25, 0.3) is 5.78 Å². The average Bonchev–Trinajstić information content (AvgIpc) is 2.93. The molecule has 0 aliphatic carbocycles. The largest absolute Gasteiger partial charge is 0.395 e. The van der Waals surface area contributed by atoms with E-state index in [0.29, 0.717) is 6.04 Å². The first kappa shape index (κ1) is 16.4. The highest BCUT2D eigenvalue weighted by atomic mass is 16.3. The lowest BCUT2D eigenvalue weighted by molar-refractivity contribution is 0.0604. The Labute approximate surface area is 137 Å². The highest BCUT2D eigenvalue weighted by Gasteiger charge is 2.22. The Bertz CT molecular complexity index is 656. The fourth-order valence-corrected chi connectivity index (χ4v) is 3.41. The molecule has 3 rings (SSSR count). The quantitative estimate of drug-likeness (QED) is 0.899. The predicted molar refractivity (Wildman–Crippen MR) is 90.5 cm³/mol. The van der Waals surface area contributed by atoms with Crippen LogP contribution in [-0.4, -0.2) is 68.1 Å². The van der Waals surface area contributed by atoms with Crippen LogP contribution in [0.3, 0.4) is 0 Å². The van der Waals surface area contributed by atoms with E-state index in [1.807, 2.05) is 6.92 Å². The van der Waals surface area contributed by atoms with E-state index in [0.717, 1.165) is 56.3 Å². The summed E-state index contributed by atoms with van der Waals surface area (Å²) in [5.74, 6) is 0.794. The van der Waals surface area contributed by atoms with Gasteiger partial charge in [-0.1, -0.05) is 6.92 Å². The molecule has 0 aromatic carbocycles. The third-order valence-electron chi connectivity index (χ3n) is 4.80. The van der Waals surface area contributed by atoms with Gasteiger partial charge in [-0.2, -0.15) is 0 Å². The number of imidazole rings is 1. The van der Waals surface area contributed by atoms with Gasteiger partial charge in [0.05, 0.1) is 12.3 Å². The van der Waals surface area contributed by atoms with Gasteiger partial charge in [-0.25, -0.2) is 9.97 Å². The third-order valence-corrected chi connectivity index (χ3v) is 4.80. The minimum atomic E-state index is 0.257. The van der Waals surface area contributed by atoms with Gasteiger partial charge in [0.15, 0.2) is 0 Å². The van der Waals surface area contributed by atoms with Crippen molar-refractivity contribution in [1.82, 2.24) is 24.2 Å². The summed E-state index contributed by atoms with van der Waals surface area (Å²) >= 11 is 0. The van der Waals surface area contributed by atoms with Crippen molar-refractivity contribution in [1.29, 1.82) is 0 Å². The van der Waals surface area contributed by atoms with Crippen molar-refractivity contribution >= 4 is 5.78 Å². The molecule has 1 aliphatic heterocycles.